The van der Waals surface area contributed by atoms with Crippen LogP contribution in [0, 0.1) is 0 Å². The van der Waals surface area contributed by atoms with Gasteiger partial charge in [-0.05, 0) is 34.6 Å². The van der Waals surface area contributed by atoms with Gasteiger partial charge in [0, 0.05) is 0 Å². The number of hydrogen-bond acceptors (Lipinski definition) is 7. The first-order chi connectivity index (χ1) is 11.9. The molecule has 11 heteroatoms. The van der Waals surface area contributed by atoms with E-state index in [9.17, 15) is 13.6 Å². The average molecular weight is 394 g/mol. The van der Waals surface area contributed by atoms with E-state index in [-0.39, 0.29) is 19.8 Å². The van der Waals surface area contributed by atoms with Crippen molar-refractivity contribution in [3.63, 3.8) is 0 Å². The first-order valence-corrected chi connectivity index (χ1v) is 9.46. The van der Waals surface area contributed by atoms with Crippen molar-refractivity contribution in [2.75, 3.05) is 19.8 Å². The van der Waals surface area contributed by atoms with Crippen molar-refractivity contribution in [2.45, 2.75) is 69.5 Å². The highest BCUT2D eigenvalue weighted by molar-refractivity contribution is 7.77. The molecule has 1 amide bonds. The quantitative estimate of drug-likeness (QED) is 0.580. The van der Waals surface area contributed by atoms with Crippen molar-refractivity contribution in [3.05, 3.63) is 0 Å². The van der Waals surface area contributed by atoms with Crippen LogP contribution in [-0.2, 0) is 35.0 Å². The molecule has 26 heavy (non-hydrogen) atoms. The van der Waals surface area contributed by atoms with Gasteiger partial charge in [-0.15, -0.1) is 0 Å². The fourth-order valence-corrected chi connectivity index (χ4v) is 3.93. The number of nitrogens with one attached hydrogen (secondary N) is 2. The molecule has 0 saturated carbocycles. The van der Waals surface area contributed by atoms with Crippen LogP contribution in [0.2, 0.25) is 0 Å². The van der Waals surface area contributed by atoms with Crippen molar-refractivity contribution in [3.8, 4) is 0 Å². The Balaban J connectivity index is 1.77. The molecule has 4 heterocycles. The van der Waals surface area contributed by atoms with Crippen LogP contribution in [0.15, 0.2) is 0 Å². The number of fused-ring (bicyclic) bond motifs is 2. The lowest BCUT2D eigenvalue weighted by Gasteiger charge is -2.56. The van der Waals surface area contributed by atoms with E-state index in [1.54, 1.807) is 34.6 Å². The molecule has 4 aliphatic rings. The Kier molecular flexibility index (Phi) is 4.88. The molecule has 5 unspecified atom stereocenters. The highest BCUT2D eigenvalue weighted by Gasteiger charge is 2.69. The van der Waals surface area contributed by atoms with E-state index >= 15 is 0 Å². The predicted molar refractivity (Wildman–Crippen MR) is 89.3 cm³/mol. The van der Waals surface area contributed by atoms with E-state index in [0.717, 1.165) is 0 Å². The summed E-state index contributed by atoms with van der Waals surface area (Å²) in [5.74, 6) is -0.933. The molecule has 4 fully saturated rings. The summed E-state index contributed by atoms with van der Waals surface area (Å²) in [6.07, 6.45) is -1.87. The molecule has 0 radical (unpaired) electrons. The van der Waals surface area contributed by atoms with Crippen LogP contribution in [0.5, 0.6) is 0 Å². The van der Waals surface area contributed by atoms with Gasteiger partial charge in [-0.1, -0.05) is 0 Å². The minimum atomic E-state index is -2.33. The number of carbonyl (C=O) groups excluding carboxylic acids is 1. The van der Waals surface area contributed by atoms with Gasteiger partial charge < -0.3 is 29.0 Å². The Morgan fingerprint density at radius 1 is 1.23 bits per heavy atom. The summed E-state index contributed by atoms with van der Waals surface area (Å²) in [6, 6.07) is 0. The first-order valence-electron chi connectivity index (χ1n) is 8.36. The largest absolute Gasteiger partial charge is 0.444 e. The monoisotopic (exact) mass is 394 g/mol. The minimum Gasteiger partial charge on any atom is -0.444 e. The summed E-state index contributed by atoms with van der Waals surface area (Å²) in [6.45, 7) is 8.89. The van der Waals surface area contributed by atoms with Crippen molar-refractivity contribution < 1.29 is 37.2 Å². The van der Waals surface area contributed by atoms with Crippen molar-refractivity contribution in [1.29, 1.82) is 0 Å². The summed E-state index contributed by atoms with van der Waals surface area (Å²) in [5.41, 5.74) is -2.92. The lowest BCUT2D eigenvalue weighted by Crippen LogP contribution is -2.79. The SMILES string of the molecule is CC(C)(C)OC(=O)NCC12COC(NS(=O)O)(CO1)C1OC(C)(C)OC12. The normalized spacial score (nSPS) is 39.3. The number of rotatable bonds is 4. The maximum Gasteiger partial charge on any atom is 0.407 e. The van der Waals surface area contributed by atoms with Crippen molar-refractivity contribution in [2.24, 2.45) is 0 Å². The molecule has 0 aromatic rings. The summed E-state index contributed by atoms with van der Waals surface area (Å²) in [5, 5.41) is 2.69. The van der Waals surface area contributed by atoms with Crippen LogP contribution < -0.4 is 10.0 Å². The topological polar surface area (TPSA) is 125 Å². The zero-order valence-electron chi connectivity index (χ0n) is 15.5. The van der Waals surface area contributed by atoms with Gasteiger partial charge in [0.25, 0.3) is 0 Å². The Morgan fingerprint density at radius 2 is 1.88 bits per heavy atom. The van der Waals surface area contributed by atoms with Crippen molar-refractivity contribution >= 4 is 17.4 Å². The third-order valence-corrected chi connectivity index (χ3v) is 4.93. The molecule has 0 spiro atoms. The Morgan fingerprint density at radius 3 is 2.42 bits per heavy atom. The standard InChI is InChI=1S/C15H26N2O8S/c1-12(2,3)25-11(18)16-6-14-7-22-15(8-21-14,17-26(19)20)10-9(14)23-13(4,5)24-10/h9-10,17H,6-8H2,1-5H3,(H,16,18)(H,19,20). The van der Waals surface area contributed by atoms with Crippen LogP contribution in [0.25, 0.3) is 0 Å². The highest BCUT2D eigenvalue weighted by Crippen LogP contribution is 2.48. The summed E-state index contributed by atoms with van der Waals surface area (Å²) in [7, 11) is 0. The molecule has 0 aromatic carbocycles. The summed E-state index contributed by atoms with van der Waals surface area (Å²) in [4.78, 5) is 12.0. The maximum atomic E-state index is 12.0. The van der Waals surface area contributed by atoms with E-state index in [2.05, 4.69) is 10.0 Å². The number of alkyl carbamates (subject to hydrolysis) is 1. The van der Waals surface area contributed by atoms with Gasteiger partial charge in [-0.2, -0.15) is 4.72 Å². The Bertz CT molecular complexity index is 597. The summed E-state index contributed by atoms with van der Waals surface area (Å²) >= 11 is -2.33. The number of hydrogen-bond donors (Lipinski definition) is 3. The van der Waals surface area contributed by atoms with Crippen LogP contribution >= 0.6 is 0 Å². The zero-order valence-corrected chi connectivity index (χ0v) is 16.3. The molecule has 4 saturated heterocycles. The van der Waals surface area contributed by atoms with Gasteiger partial charge in [0.2, 0.25) is 11.3 Å². The molecular formula is C15H26N2O8S. The second-order valence-corrected chi connectivity index (χ2v) is 8.92. The molecule has 10 nitrogen and oxygen atoms in total. The minimum absolute atomic E-state index is 0.0318. The maximum absolute atomic E-state index is 12.0. The van der Waals surface area contributed by atoms with E-state index in [0.29, 0.717) is 0 Å². The zero-order chi connectivity index (χ0) is 19.4. The van der Waals surface area contributed by atoms with Gasteiger partial charge in [-0.3, -0.25) is 4.55 Å². The van der Waals surface area contributed by atoms with Crippen molar-refractivity contribution in [1.82, 2.24) is 10.0 Å². The number of amides is 1. The van der Waals surface area contributed by atoms with Crippen LogP contribution in [0.1, 0.15) is 34.6 Å². The first kappa shape index (κ1) is 19.9. The van der Waals surface area contributed by atoms with Gasteiger partial charge >= 0.3 is 6.09 Å². The lowest BCUT2D eigenvalue weighted by atomic mass is 9.82. The van der Waals surface area contributed by atoms with E-state index in [1.807, 2.05) is 0 Å². The molecule has 3 N–H and O–H groups in total. The highest BCUT2D eigenvalue weighted by atomic mass is 32.2. The lowest BCUT2D eigenvalue weighted by molar-refractivity contribution is -0.332. The third kappa shape index (κ3) is 3.75. The van der Waals surface area contributed by atoms with E-state index in [4.69, 9.17) is 23.7 Å². The third-order valence-electron chi connectivity index (χ3n) is 4.41. The predicted octanol–water partition coefficient (Wildman–Crippen LogP) is 0.253. The van der Waals surface area contributed by atoms with E-state index < -0.39 is 52.3 Å². The smallest absolute Gasteiger partial charge is 0.407 e. The van der Waals surface area contributed by atoms with Crippen LogP contribution in [-0.4, -0.2) is 69.5 Å². The number of ether oxygens (including phenoxy) is 5. The molecule has 5 atom stereocenters. The second kappa shape index (κ2) is 6.36. The van der Waals surface area contributed by atoms with Gasteiger partial charge in [0.05, 0.1) is 19.8 Å². The molecule has 0 aliphatic carbocycles. The fourth-order valence-electron chi connectivity index (χ4n) is 3.40. The fraction of sp³-hybridized carbons (Fsp3) is 0.933. The molecule has 0 aromatic heterocycles. The molecule has 4 rings (SSSR count). The van der Waals surface area contributed by atoms with Crippen LogP contribution in [0.4, 0.5) is 4.79 Å². The summed E-state index contributed by atoms with van der Waals surface area (Å²) < 4.78 is 52.0. The number of carbonyl (C=O) groups is 1. The second-order valence-electron chi connectivity index (χ2n) is 8.22. The Hall–Kier alpha value is -0.820. The Labute approximate surface area is 154 Å². The van der Waals surface area contributed by atoms with Gasteiger partial charge in [-0.25, -0.2) is 9.00 Å². The van der Waals surface area contributed by atoms with E-state index in [1.165, 1.54) is 0 Å². The average Bonchev–Trinajstić information content (AvgIpc) is 2.82. The van der Waals surface area contributed by atoms with Gasteiger partial charge in [0.15, 0.2) is 11.5 Å². The molecule has 150 valence electrons. The molecule has 2 bridgehead atoms. The van der Waals surface area contributed by atoms with Crippen LogP contribution in [0.3, 0.4) is 0 Å². The molecular weight excluding hydrogens is 368 g/mol. The molecule has 4 aliphatic heterocycles. The van der Waals surface area contributed by atoms with Gasteiger partial charge in [0.1, 0.15) is 23.4 Å².